The van der Waals surface area contributed by atoms with Gasteiger partial charge in [-0.2, -0.15) is 5.10 Å². The minimum atomic E-state index is 0.0960. The highest BCUT2D eigenvalue weighted by molar-refractivity contribution is 6.31. The first-order valence-electron chi connectivity index (χ1n) is 7.67. The van der Waals surface area contributed by atoms with Crippen molar-refractivity contribution in [2.45, 2.75) is 18.9 Å². The molecule has 23 heavy (non-hydrogen) atoms. The molecule has 4 nitrogen and oxygen atoms in total. The first-order valence-corrected chi connectivity index (χ1v) is 8.05. The van der Waals surface area contributed by atoms with E-state index in [-0.39, 0.29) is 6.04 Å². The van der Waals surface area contributed by atoms with E-state index >= 15 is 0 Å². The predicted octanol–water partition coefficient (Wildman–Crippen LogP) is 4.00. The van der Waals surface area contributed by atoms with Gasteiger partial charge in [0, 0.05) is 17.2 Å². The van der Waals surface area contributed by atoms with E-state index in [9.17, 15) is 0 Å². The van der Waals surface area contributed by atoms with Crippen LogP contribution >= 0.6 is 11.6 Å². The summed E-state index contributed by atoms with van der Waals surface area (Å²) in [6, 6.07) is 15.9. The largest absolute Gasteiger partial charge is 0.497 e. The summed E-state index contributed by atoms with van der Waals surface area (Å²) in [5.41, 5.74) is 8.91. The van der Waals surface area contributed by atoms with E-state index in [2.05, 4.69) is 6.07 Å². The van der Waals surface area contributed by atoms with E-state index in [1.807, 2.05) is 47.5 Å². The third-order valence-corrected chi connectivity index (χ3v) is 4.35. The van der Waals surface area contributed by atoms with Gasteiger partial charge in [-0.05, 0) is 48.9 Å². The number of ether oxygens (including phenoxy) is 1. The molecule has 1 aliphatic heterocycles. The lowest BCUT2D eigenvalue weighted by atomic mass is 10.00. The van der Waals surface area contributed by atoms with E-state index in [1.54, 1.807) is 7.11 Å². The number of hydrogen-bond donors (Lipinski definition) is 1. The minimum Gasteiger partial charge on any atom is -0.497 e. The fraction of sp³-hybridized carbons (Fsp3) is 0.278. The number of nitrogens with zero attached hydrogens (tertiary/aromatic N) is 2. The SMILES string of the molecule is COc1ccc(N2N=C(CCN)CC2c2ccccc2Cl)cc1. The van der Waals surface area contributed by atoms with Crippen LogP contribution in [0.5, 0.6) is 5.75 Å². The van der Waals surface area contributed by atoms with E-state index in [0.717, 1.165) is 40.6 Å². The van der Waals surface area contributed by atoms with Gasteiger partial charge in [0.2, 0.25) is 0 Å². The second-order valence-corrected chi connectivity index (χ2v) is 5.90. The Bertz CT molecular complexity index is 700. The molecule has 2 N–H and O–H groups in total. The van der Waals surface area contributed by atoms with Gasteiger partial charge in [-0.15, -0.1) is 0 Å². The van der Waals surface area contributed by atoms with Crippen LogP contribution in [-0.2, 0) is 0 Å². The molecule has 0 aromatic heterocycles. The summed E-state index contributed by atoms with van der Waals surface area (Å²) in [6.45, 7) is 0.602. The van der Waals surface area contributed by atoms with Gasteiger partial charge in [0.25, 0.3) is 0 Å². The molecule has 0 radical (unpaired) electrons. The molecule has 0 bridgehead atoms. The summed E-state index contributed by atoms with van der Waals surface area (Å²) in [4.78, 5) is 0. The first kappa shape index (κ1) is 15.8. The van der Waals surface area contributed by atoms with Crippen molar-refractivity contribution >= 4 is 23.0 Å². The Morgan fingerprint density at radius 1 is 1.22 bits per heavy atom. The zero-order valence-electron chi connectivity index (χ0n) is 13.1. The van der Waals surface area contributed by atoms with E-state index in [0.29, 0.717) is 6.54 Å². The van der Waals surface area contributed by atoms with Gasteiger partial charge in [-0.1, -0.05) is 29.8 Å². The molecule has 0 amide bonds. The van der Waals surface area contributed by atoms with Crippen LogP contribution < -0.4 is 15.5 Å². The highest BCUT2D eigenvalue weighted by Crippen LogP contribution is 2.38. The van der Waals surface area contributed by atoms with Gasteiger partial charge in [-0.25, -0.2) is 0 Å². The molecule has 120 valence electrons. The lowest BCUT2D eigenvalue weighted by Crippen LogP contribution is -2.18. The molecule has 0 spiro atoms. The molecule has 0 aliphatic carbocycles. The van der Waals surface area contributed by atoms with Crippen LogP contribution in [0, 0.1) is 0 Å². The van der Waals surface area contributed by atoms with Crippen molar-refractivity contribution in [3.63, 3.8) is 0 Å². The molecule has 0 saturated heterocycles. The molecular formula is C18H20ClN3O. The Labute approximate surface area is 141 Å². The summed E-state index contributed by atoms with van der Waals surface area (Å²) in [5, 5.41) is 7.57. The average Bonchev–Trinajstić information content (AvgIpc) is 2.99. The third-order valence-electron chi connectivity index (χ3n) is 4.01. The lowest BCUT2D eigenvalue weighted by Gasteiger charge is -2.25. The van der Waals surface area contributed by atoms with Gasteiger partial charge in [-0.3, -0.25) is 5.01 Å². The predicted molar refractivity (Wildman–Crippen MR) is 95.4 cm³/mol. The standard InChI is InChI=1S/C18H20ClN3O/c1-23-15-8-6-14(7-9-15)22-18(12-13(21-22)10-11-20)16-4-2-3-5-17(16)19/h2-9,18H,10-12,20H2,1H3. The van der Waals surface area contributed by atoms with Gasteiger partial charge in [0.15, 0.2) is 0 Å². The highest BCUT2D eigenvalue weighted by atomic mass is 35.5. The van der Waals surface area contributed by atoms with Crippen molar-refractivity contribution in [3.05, 3.63) is 59.1 Å². The van der Waals surface area contributed by atoms with Crippen LogP contribution in [0.4, 0.5) is 5.69 Å². The average molecular weight is 330 g/mol. The second kappa shape index (κ2) is 7.02. The molecule has 1 aliphatic rings. The van der Waals surface area contributed by atoms with Gasteiger partial charge in [0.1, 0.15) is 5.75 Å². The smallest absolute Gasteiger partial charge is 0.119 e. The van der Waals surface area contributed by atoms with Crippen molar-refractivity contribution in [2.24, 2.45) is 10.8 Å². The molecular weight excluding hydrogens is 310 g/mol. The fourth-order valence-electron chi connectivity index (χ4n) is 2.85. The molecule has 0 saturated carbocycles. The Morgan fingerprint density at radius 3 is 2.61 bits per heavy atom. The lowest BCUT2D eigenvalue weighted by molar-refractivity contribution is 0.415. The number of rotatable bonds is 5. The Morgan fingerprint density at radius 2 is 1.96 bits per heavy atom. The monoisotopic (exact) mass is 329 g/mol. The van der Waals surface area contributed by atoms with Crippen molar-refractivity contribution < 1.29 is 4.74 Å². The summed E-state index contributed by atoms with van der Waals surface area (Å²) in [5.74, 6) is 0.827. The Balaban J connectivity index is 1.96. The Hall–Kier alpha value is -2.04. The zero-order valence-corrected chi connectivity index (χ0v) is 13.8. The molecule has 5 heteroatoms. The number of hydrazone groups is 1. The third kappa shape index (κ3) is 3.33. The zero-order chi connectivity index (χ0) is 16.2. The number of anilines is 1. The van der Waals surface area contributed by atoms with Crippen LogP contribution in [-0.4, -0.2) is 19.4 Å². The van der Waals surface area contributed by atoms with Gasteiger partial charge < -0.3 is 10.5 Å². The molecule has 1 heterocycles. The number of hydrogen-bond acceptors (Lipinski definition) is 4. The number of nitrogens with two attached hydrogens (primary N) is 1. The molecule has 2 aromatic carbocycles. The summed E-state index contributed by atoms with van der Waals surface area (Å²) >= 11 is 6.41. The van der Waals surface area contributed by atoms with Crippen LogP contribution in [0.1, 0.15) is 24.4 Å². The van der Waals surface area contributed by atoms with Crippen molar-refractivity contribution in [3.8, 4) is 5.75 Å². The normalized spacial score (nSPS) is 17.3. The number of methoxy groups -OCH3 is 1. The highest BCUT2D eigenvalue weighted by Gasteiger charge is 2.30. The molecule has 0 fully saturated rings. The molecule has 1 unspecified atom stereocenters. The maximum atomic E-state index is 6.41. The topological polar surface area (TPSA) is 50.8 Å². The van der Waals surface area contributed by atoms with E-state index in [1.165, 1.54) is 0 Å². The fourth-order valence-corrected chi connectivity index (χ4v) is 3.11. The minimum absolute atomic E-state index is 0.0960. The summed E-state index contributed by atoms with van der Waals surface area (Å²) < 4.78 is 5.23. The van der Waals surface area contributed by atoms with Crippen molar-refractivity contribution in [2.75, 3.05) is 18.7 Å². The van der Waals surface area contributed by atoms with Gasteiger partial charge in [0.05, 0.1) is 18.8 Å². The van der Waals surface area contributed by atoms with Crippen LogP contribution in [0.3, 0.4) is 0 Å². The first-order chi connectivity index (χ1) is 11.2. The second-order valence-electron chi connectivity index (χ2n) is 5.49. The summed E-state index contributed by atoms with van der Waals surface area (Å²) in [6.07, 6.45) is 1.64. The van der Waals surface area contributed by atoms with E-state index in [4.69, 9.17) is 27.2 Å². The quantitative estimate of drug-likeness (QED) is 0.901. The van der Waals surface area contributed by atoms with Crippen LogP contribution in [0.25, 0.3) is 0 Å². The molecule has 3 rings (SSSR count). The maximum absolute atomic E-state index is 6.41. The van der Waals surface area contributed by atoms with Gasteiger partial charge >= 0.3 is 0 Å². The summed E-state index contributed by atoms with van der Waals surface area (Å²) in [7, 11) is 1.66. The van der Waals surface area contributed by atoms with Crippen LogP contribution in [0.15, 0.2) is 53.6 Å². The number of benzene rings is 2. The number of halogens is 1. The maximum Gasteiger partial charge on any atom is 0.119 e. The Kier molecular flexibility index (Phi) is 4.84. The van der Waals surface area contributed by atoms with E-state index < -0.39 is 0 Å². The molecule has 2 aromatic rings. The van der Waals surface area contributed by atoms with Crippen molar-refractivity contribution in [1.82, 2.24) is 0 Å². The van der Waals surface area contributed by atoms with Crippen molar-refractivity contribution in [1.29, 1.82) is 0 Å². The van der Waals surface area contributed by atoms with Crippen LogP contribution in [0.2, 0.25) is 5.02 Å². The molecule has 1 atom stereocenters.